The molecule has 1 aliphatic heterocycles. The van der Waals surface area contributed by atoms with Gasteiger partial charge >= 0.3 is 0 Å². The van der Waals surface area contributed by atoms with E-state index < -0.39 is 5.82 Å². The second-order valence-electron chi connectivity index (χ2n) is 4.72. The highest BCUT2D eigenvalue weighted by Crippen LogP contribution is 2.27. The molecule has 0 spiro atoms. The van der Waals surface area contributed by atoms with Gasteiger partial charge in [0.1, 0.15) is 11.6 Å². The molecule has 1 N–H and O–H groups in total. The first-order chi connectivity index (χ1) is 9.24. The molecule has 1 aromatic heterocycles. The lowest BCUT2D eigenvalue weighted by molar-refractivity contribution is 0.0662. The fourth-order valence-electron chi connectivity index (χ4n) is 2.36. The molecule has 0 atom stereocenters. The molecule has 0 aliphatic carbocycles. The van der Waals surface area contributed by atoms with Crippen LogP contribution in [0.5, 0.6) is 5.75 Å². The molecule has 2 aromatic rings. The summed E-state index contributed by atoms with van der Waals surface area (Å²) in [5.41, 5.74) is 1.18. The Morgan fingerprint density at radius 3 is 2.84 bits per heavy atom. The SMILES string of the molecule is Oc1ccc(-c2cnn(C3CCOCC3)c2)c(F)c1. The summed E-state index contributed by atoms with van der Waals surface area (Å²) in [7, 11) is 0. The maximum Gasteiger partial charge on any atom is 0.134 e. The Hall–Kier alpha value is -1.88. The number of aromatic nitrogens is 2. The van der Waals surface area contributed by atoms with Gasteiger partial charge in [0.2, 0.25) is 0 Å². The molecule has 1 fully saturated rings. The fraction of sp³-hybridized carbons (Fsp3) is 0.357. The second kappa shape index (κ2) is 5.01. The molecule has 1 aromatic carbocycles. The summed E-state index contributed by atoms with van der Waals surface area (Å²) in [6.45, 7) is 1.49. The van der Waals surface area contributed by atoms with Gasteiger partial charge in [-0.05, 0) is 25.0 Å². The molecule has 0 bridgehead atoms. The minimum absolute atomic E-state index is 0.0712. The van der Waals surface area contributed by atoms with Gasteiger partial charge < -0.3 is 9.84 Å². The van der Waals surface area contributed by atoms with E-state index >= 15 is 0 Å². The molecule has 3 rings (SSSR count). The van der Waals surface area contributed by atoms with Gasteiger partial charge in [0.25, 0.3) is 0 Å². The first-order valence-electron chi connectivity index (χ1n) is 6.35. The summed E-state index contributed by atoms with van der Waals surface area (Å²) in [6.07, 6.45) is 5.37. The minimum atomic E-state index is -0.438. The number of hydrogen-bond acceptors (Lipinski definition) is 3. The highest BCUT2D eigenvalue weighted by Gasteiger charge is 2.17. The van der Waals surface area contributed by atoms with Crippen molar-refractivity contribution in [2.75, 3.05) is 13.2 Å². The van der Waals surface area contributed by atoms with E-state index in [2.05, 4.69) is 5.10 Å². The maximum atomic E-state index is 13.8. The summed E-state index contributed by atoms with van der Waals surface area (Å²) >= 11 is 0. The zero-order valence-corrected chi connectivity index (χ0v) is 10.4. The van der Waals surface area contributed by atoms with Gasteiger partial charge in [-0.15, -0.1) is 0 Å². The number of halogens is 1. The van der Waals surface area contributed by atoms with Gasteiger partial charge in [0.05, 0.1) is 12.2 Å². The summed E-state index contributed by atoms with van der Waals surface area (Å²) in [5.74, 6) is -0.510. The van der Waals surface area contributed by atoms with Gasteiger partial charge in [0.15, 0.2) is 0 Å². The number of aromatic hydroxyl groups is 1. The van der Waals surface area contributed by atoms with Crippen molar-refractivity contribution in [2.24, 2.45) is 0 Å². The van der Waals surface area contributed by atoms with Crippen molar-refractivity contribution in [1.82, 2.24) is 9.78 Å². The van der Waals surface area contributed by atoms with Crippen LogP contribution in [0.15, 0.2) is 30.6 Å². The van der Waals surface area contributed by atoms with Crippen LogP contribution < -0.4 is 0 Å². The van der Waals surface area contributed by atoms with Crippen LogP contribution in [-0.2, 0) is 4.74 Å². The average Bonchev–Trinajstić information content (AvgIpc) is 2.89. The molecule has 100 valence electrons. The Balaban J connectivity index is 1.87. The number of nitrogens with zero attached hydrogens (tertiary/aromatic N) is 2. The van der Waals surface area contributed by atoms with E-state index in [9.17, 15) is 9.50 Å². The molecule has 2 heterocycles. The van der Waals surface area contributed by atoms with Crippen molar-refractivity contribution in [3.05, 3.63) is 36.4 Å². The molecule has 0 amide bonds. The van der Waals surface area contributed by atoms with Crippen LogP contribution in [0.25, 0.3) is 11.1 Å². The number of benzene rings is 1. The average molecular weight is 262 g/mol. The minimum Gasteiger partial charge on any atom is -0.508 e. The Kier molecular flexibility index (Phi) is 3.21. The van der Waals surface area contributed by atoms with Crippen molar-refractivity contribution >= 4 is 0 Å². The molecule has 0 saturated carbocycles. The van der Waals surface area contributed by atoms with Gasteiger partial charge in [0, 0.05) is 36.6 Å². The molecule has 0 radical (unpaired) electrons. The maximum absolute atomic E-state index is 13.8. The van der Waals surface area contributed by atoms with E-state index in [1.54, 1.807) is 12.3 Å². The summed E-state index contributed by atoms with van der Waals surface area (Å²) in [5, 5.41) is 13.5. The Labute approximate surface area is 110 Å². The Morgan fingerprint density at radius 2 is 2.11 bits per heavy atom. The number of rotatable bonds is 2. The Morgan fingerprint density at radius 1 is 1.32 bits per heavy atom. The van der Waals surface area contributed by atoms with Crippen molar-refractivity contribution in [2.45, 2.75) is 18.9 Å². The van der Waals surface area contributed by atoms with E-state index in [0.29, 0.717) is 11.6 Å². The van der Waals surface area contributed by atoms with Crippen molar-refractivity contribution in [3.63, 3.8) is 0 Å². The monoisotopic (exact) mass is 262 g/mol. The van der Waals surface area contributed by atoms with E-state index in [1.807, 2.05) is 10.9 Å². The Bertz CT molecular complexity index is 577. The molecule has 5 heteroatoms. The van der Waals surface area contributed by atoms with E-state index in [0.717, 1.165) is 37.7 Å². The predicted molar refractivity (Wildman–Crippen MR) is 68.4 cm³/mol. The van der Waals surface area contributed by atoms with Gasteiger partial charge in [-0.2, -0.15) is 5.10 Å². The van der Waals surface area contributed by atoms with E-state index in [-0.39, 0.29) is 5.75 Å². The van der Waals surface area contributed by atoms with E-state index in [1.165, 1.54) is 6.07 Å². The molecular weight excluding hydrogens is 247 g/mol. The summed E-state index contributed by atoms with van der Waals surface area (Å²) in [6, 6.07) is 4.48. The molecule has 0 unspecified atom stereocenters. The summed E-state index contributed by atoms with van der Waals surface area (Å²) in [4.78, 5) is 0. The van der Waals surface area contributed by atoms with Crippen molar-refractivity contribution < 1.29 is 14.2 Å². The van der Waals surface area contributed by atoms with Crippen LogP contribution in [0, 0.1) is 5.82 Å². The van der Waals surface area contributed by atoms with Crippen LogP contribution in [0.2, 0.25) is 0 Å². The van der Waals surface area contributed by atoms with E-state index in [4.69, 9.17) is 4.74 Å². The third-order valence-corrected chi connectivity index (χ3v) is 3.43. The van der Waals surface area contributed by atoms with Crippen molar-refractivity contribution in [3.8, 4) is 16.9 Å². The normalized spacial score (nSPS) is 16.7. The number of ether oxygens (including phenoxy) is 1. The van der Waals surface area contributed by atoms with Crippen LogP contribution in [0.1, 0.15) is 18.9 Å². The molecule has 19 heavy (non-hydrogen) atoms. The molecule has 1 aliphatic rings. The number of hydrogen-bond donors (Lipinski definition) is 1. The van der Waals surface area contributed by atoms with Crippen molar-refractivity contribution in [1.29, 1.82) is 0 Å². The quantitative estimate of drug-likeness (QED) is 0.905. The zero-order chi connectivity index (χ0) is 13.2. The van der Waals surface area contributed by atoms with Crippen LogP contribution in [0.3, 0.4) is 0 Å². The number of phenolic OH excluding ortho intramolecular Hbond substituents is 1. The van der Waals surface area contributed by atoms with Crippen LogP contribution in [-0.4, -0.2) is 28.1 Å². The lowest BCUT2D eigenvalue weighted by Crippen LogP contribution is -2.19. The largest absolute Gasteiger partial charge is 0.508 e. The smallest absolute Gasteiger partial charge is 0.134 e. The summed E-state index contributed by atoms with van der Waals surface area (Å²) < 4.78 is 21.0. The standard InChI is InChI=1S/C14H15FN2O2/c15-14-7-12(18)1-2-13(14)10-8-16-17(9-10)11-3-5-19-6-4-11/h1-2,7-9,11,18H,3-6H2. The first kappa shape index (κ1) is 12.2. The first-order valence-corrected chi connectivity index (χ1v) is 6.35. The van der Waals surface area contributed by atoms with Crippen LogP contribution >= 0.6 is 0 Å². The highest BCUT2D eigenvalue weighted by atomic mass is 19.1. The second-order valence-corrected chi connectivity index (χ2v) is 4.72. The third-order valence-electron chi connectivity index (χ3n) is 3.43. The third kappa shape index (κ3) is 2.46. The molecule has 1 saturated heterocycles. The predicted octanol–water partition coefficient (Wildman–Crippen LogP) is 2.75. The van der Waals surface area contributed by atoms with Gasteiger partial charge in [-0.1, -0.05) is 0 Å². The number of phenols is 1. The zero-order valence-electron chi connectivity index (χ0n) is 10.4. The van der Waals surface area contributed by atoms with Gasteiger partial charge in [-0.3, -0.25) is 4.68 Å². The molecule has 4 nitrogen and oxygen atoms in total. The fourth-order valence-corrected chi connectivity index (χ4v) is 2.36. The van der Waals surface area contributed by atoms with Crippen LogP contribution in [0.4, 0.5) is 4.39 Å². The van der Waals surface area contributed by atoms with Gasteiger partial charge in [-0.25, -0.2) is 4.39 Å². The highest BCUT2D eigenvalue weighted by molar-refractivity contribution is 5.63. The molecular formula is C14H15FN2O2. The topological polar surface area (TPSA) is 47.3 Å². The lowest BCUT2D eigenvalue weighted by Gasteiger charge is -2.22. The lowest BCUT2D eigenvalue weighted by atomic mass is 10.1.